The summed E-state index contributed by atoms with van der Waals surface area (Å²) in [6.07, 6.45) is 2.73. The molecule has 1 saturated carbocycles. The van der Waals surface area contributed by atoms with E-state index in [4.69, 9.17) is 5.73 Å². The summed E-state index contributed by atoms with van der Waals surface area (Å²) in [5, 5.41) is 12.4. The molecule has 0 saturated heterocycles. The summed E-state index contributed by atoms with van der Waals surface area (Å²) in [7, 11) is 0. The van der Waals surface area contributed by atoms with Crippen LogP contribution in [0.1, 0.15) is 24.8 Å². The van der Waals surface area contributed by atoms with Gasteiger partial charge in [0.25, 0.3) is 0 Å². The molecule has 1 aliphatic carbocycles. The Kier molecular flexibility index (Phi) is 3.33. The van der Waals surface area contributed by atoms with Crippen LogP contribution in [0.3, 0.4) is 0 Å². The number of nitrogens with two attached hydrogens (primary N) is 1. The fourth-order valence-electron chi connectivity index (χ4n) is 2.29. The molecule has 17 heavy (non-hydrogen) atoms. The van der Waals surface area contributed by atoms with E-state index in [1.165, 1.54) is 0 Å². The molecule has 0 radical (unpaired) electrons. The number of hydrogen-bond donors (Lipinski definition) is 3. The van der Waals surface area contributed by atoms with Crippen molar-refractivity contribution < 1.29 is 9.90 Å². The zero-order valence-electron chi connectivity index (χ0n) is 9.94. The van der Waals surface area contributed by atoms with E-state index in [-0.39, 0.29) is 23.6 Å². The molecule has 0 aliphatic heterocycles. The van der Waals surface area contributed by atoms with Crippen LogP contribution in [0.2, 0.25) is 0 Å². The molecule has 2 rings (SSSR count). The number of aromatic hydroxyl groups is 1. The highest BCUT2D eigenvalue weighted by Crippen LogP contribution is 2.28. The molecule has 1 aromatic rings. The second-order valence-corrected chi connectivity index (χ2v) is 4.71. The summed E-state index contributed by atoms with van der Waals surface area (Å²) in [5.74, 6) is -0.124. The number of rotatable bonds is 2. The van der Waals surface area contributed by atoms with Gasteiger partial charge < -0.3 is 16.2 Å². The molecular weight excluding hydrogens is 216 g/mol. The Balaban J connectivity index is 2.10. The first-order valence-electron chi connectivity index (χ1n) is 5.94. The van der Waals surface area contributed by atoms with Crippen LogP contribution >= 0.6 is 0 Å². The summed E-state index contributed by atoms with van der Waals surface area (Å²) < 4.78 is 0. The summed E-state index contributed by atoms with van der Waals surface area (Å²) in [5.41, 5.74) is 7.34. The maximum Gasteiger partial charge on any atom is 0.229 e. The first-order chi connectivity index (χ1) is 8.08. The number of anilines is 1. The van der Waals surface area contributed by atoms with Gasteiger partial charge in [-0.15, -0.1) is 0 Å². The van der Waals surface area contributed by atoms with Gasteiger partial charge in [0.1, 0.15) is 5.75 Å². The largest absolute Gasteiger partial charge is 0.506 e. The average molecular weight is 234 g/mol. The average Bonchev–Trinajstić information content (AvgIpc) is 2.70. The van der Waals surface area contributed by atoms with Gasteiger partial charge in [-0.3, -0.25) is 4.79 Å². The lowest BCUT2D eigenvalue weighted by Gasteiger charge is -2.16. The zero-order valence-corrected chi connectivity index (χ0v) is 9.94. The molecule has 92 valence electrons. The third-order valence-electron chi connectivity index (χ3n) is 3.32. The normalized spacial score (nSPS) is 23.6. The van der Waals surface area contributed by atoms with Crippen LogP contribution in [0.25, 0.3) is 0 Å². The molecule has 0 spiro atoms. The molecule has 1 aromatic carbocycles. The molecule has 0 heterocycles. The van der Waals surface area contributed by atoms with Crippen molar-refractivity contribution in [2.24, 2.45) is 11.7 Å². The molecule has 0 aromatic heterocycles. The van der Waals surface area contributed by atoms with Gasteiger partial charge in [0.15, 0.2) is 0 Å². The Bertz CT molecular complexity index is 431. The molecule has 1 amide bonds. The minimum Gasteiger partial charge on any atom is -0.506 e. The number of nitrogens with one attached hydrogen (secondary N) is 1. The van der Waals surface area contributed by atoms with Gasteiger partial charge in [-0.1, -0.05) is 12.5 Å². The van der Waals surface area contributed by atoms with Crippen LogP contribution in [0.4, 0.5) is 5.69 Å². The van der Waals surface area contributed by atoms with Crippen molar-refractivity contribution in [3.05, 3.63) is 23.8 Å². The predicted octanol–water partition coefficient (Wildman–Crippen LogP) is 1.77. The summed E-state index contributed by atoms with van der Waals surface area (Å²) in [4.78, 5) is 12.0. The number of phenolic OH excluding ortho intramolecular Hbond substituents is 1. The van der Waals surface area contributed by atoms with Crippen LogP contribution < -0.4 is 11.1 Å². The highest BCUT2D eigenvalue weighted by Gasteiger charge is 2.30. The number of carbonyl (C=O) groups excluding carboxylic acids is 1. The van der Waals surface area contributed by atoms with Crippen molar-refractivity contribution in [3.8, 4) is 5.75 Å². The van der Waals surface area contributed by atoms with Crippen molar-refractivity contribution in [3.63, 3.8) is 0 Å². The lowest BCUT2D eigenvalue weighted by molar-refractivity contribution is -0.120. The van der Waals surface area contributed by atoms with Crippen molar-refractivity contribution in [1.82, 2.24) is 0 Å². The molecule has 4 heteroatoms. The monoisotopic (exact) mass is 234 g/mol. The van der Waals surface area contributed by atoms with Crippen LogP contribution in [-0.4, -0.2) is 17.1 Å². The lowest BCUT2D eigenvalue weighted by Crippen LogP contribution is -2.34. The van der Waals surface area contributed by atoms with Crippen molar-refractivity contribution in [2.45, 2.75) is 32.2 Å². The van der Waals surface area contributed by atoms with Gasteiger partial charge in [-0.05, 0) is 37.5 Å². The standard InChI is InChI=1S/C13H18N2O2/c1-8-5-6-12(16)11(7-8)15-13(17)9-3-2-4-10(9)14/h5-7,9-10,16H,2-4,14H2,1H3,(H,15,17). The van der Waals surface area contributed by atoms with Crippen LogP contribution in [0.15, 0.2) is 18.2 Å². The minimum atomic E-state index is -0.130. The van der Waals surface area contributed by atoms with Gasteiger partial charge in [0, 0.05) is 6.04 Å². The number of aryl methyl sites for hydroxylation is 1. The lowest BCUT2D eigenvalue weighted by atomic mass is 10.0. The first-order valence-corrected chi connectivity index (χ1v) is 5.94. The number of phenols is 1. The highest BCUT2D eigenvalue weighted by atomic mass is 16.3. The van der Waals surface area contributed by atoms with E-state index in [1.54, 1.807) is 18.2 Å². The summed E-state index contributed by atoms with van der Waals surface area (Å²) >= 11 is 0. The third-order valence-corrected chi connectivity index (χ3v) is 3.32. The van der Waals surface area contributed by atoms with Gasteiger partial charge >= 0.3 is 0 Å². The molecule has 4 nitrogen and oxygen atoms in total. The Morgan fingerprint density at radius 1 is 1.47 bits per heavy atom. The van der Waals surface area contributed by atoms with Gasteiger partial charge in [0.2, 0.25) is 5.91 Å². The topological polar surface area (TPSA) is 75.3 Å². The molecule has 4 N–H and O–H groups in total. The smallest absolute Gasteiger partial charge is 0.229 e. The second kappa shape index (κ2) is 4.75. The van der Waals surface area contributed by atoms with Crippen LogP contribution in [0, 0.1) is 12.8 Å². The number of hydrogen-bond acceptors (Lipinski definition) is 3. The number of carbonyl (C=O) groups is 1. The van der Waals surface area contributed by atoms with E-state index in [1.807, 2.05) is 6.92 Å². The van der Waals surface area contributed by atoms with Gasteiger partial charge in [-0.25, -0.2) is 0 Å². The molecule has 1 fully saturated rings. The highest BCUT2D eigenvalue weighted by molar-refractivity contribution is 5.94. The third kappa shape index (κ3) is 2.58. The molecular formula is C13H18N2O2. The van der Waals surface area contributed by atoms with E-state index < -0.39 is 0 Å². The van der Waals surface area contributed by atoms with Crippen molar-refractivity contribution >= 4 is 11.6 Å². The van der Waals surface area contributed by atoms with Crippen molar-refractivity contribution in [1.29, 1.82) is 0 Å². The quantitative estimate of drug-likeness (QED) is 0.682. The fourth-order valence-corrected chi connectivity index (χ4v) is 2.29. The Morgan fingerprint density at radius 2 is 2.24 bits per heavy atom. The van der Waals surface area contributed by atoms with E-state index in [9.17, 15) is 9.90 Å². The molecule has 0 bridgehead atoms. The van der Waals surface area contributed by atoms with Crippen LogP contribution in [0.5, 0.6) is 5.75 Å². The maximum absolute atomic E-state index is 12.0. The van der Waals surface area contributed by atoms with Gasteiger partial charge in [0.05, 0.1) is 11.6 Å². The van der Waals surface area contributed by atoms with Crippen molar-refractivity contribution in [2.75, 3.05) is 5.32 Å². The van der Waals surface area contributed by atoms with E-state index in [0.717, 1.165) is 24.8 Å². The Hall–Kier alpha value is -1.55. The fraction of sp³-hybridized carbons (Fsp3) is 0.462. The molecule has 2 atom stereocenters. The SMILES string of the molecule is Cc1ccc(O)c(NC(=O)C2CCCC2N)c1. The second-order valence-electron chi connectivity index (χ2n) is 4.71. The van der Waals surface area contributed by atoms with E-state index in [0.29, 0.717) is 5.69 Å². The van der Waals surface area contributed by atoms with Gasteiger partial charge in [-0.2, -0.15) is 0 Å². The Labute approximate surface area is 101 Å². The Morgan fingerprint density at radius 3 is 2.88 bits per heavy atom. The first kappa shape index (κ1) is 11.9. The molecule has 1 aliphatic rings. The summed E-state index contributed by atoms with van der Waals surface area (Å²) in [6.45, 7) is 1.91. The zero-order chi connectivity index (χ0) is 12.4. The molecule has 2 unspecified atom stereocenters. The maximum atomic E-state index is 12.0. The van der Waals surface area contributed by atoms with E-state index >= 15 is 0 Å². The van der Waals surface area contributed by atoms with E-state index in [2.05, 4.69) is 5.32 Å². The number of benzene rings is 1. The number of amides is 1. The summed E-state index contributed by atoms with van der Waals surface area (Å²) in [6, 6.07) is 5.08. The van der Waals surface area contributed by atoms with Crippen LogP contribution in [-0.2, 0) is 4.79 Å². The predicted molar refractivity (Wildman–Crippen MR) is 66.8 cm³/mol. The minimum absolute atomic E-state index is 0.0537.